The molecule has 0 bridgehead atoms. The first-order chi connectivity index (χ1) is 36.1. The Bertz CT molecular complexity index is 3190. The smallest absolute Gasteiger partial charge is 0.247 e. The fourth-order valence-corrected chi connectivity index (χ4v) is 10.2. The van der Waals surface area contributed by atoms with Crippen LogP contribution in [0.15, 0.2) is 164 Å². The van der Waals surface area contributed by atoms with Crippen LogP contribution in [0.25, 0.3) is 11.1 Å². The van der Waals surface area contributed by atoms with E-state index in [-0.39, 0.29) is 33.8 Å². The van der Waals surface area contributed by atoms with Crippen molar-refractivity contribution in [3.63, 3.8) is 0 Å². The fraction of sp³-hybridized carbons (Fsp3) is 0.368. The van der Waals surface area contributed by atoms with Crippen molar-refractivity contribution in [3.05, 3.63) is 236 Å². The number of nitrogens with zero attached hydrogens (tertiary/aromatic N) is 1. The molecular weight excluding hydrogens is 938 g/mol. The van der Waals surface area contributed by atoms with Gasteiger partial charge < -0.3 is 4.90 Å². The van der Waals surface area contributed by atoms with Crippen LogP contribution in [-0.4, -0.2) is 6.71 Å². The summed E-state index contributed by atoms with van der Waals surface area (Å²) in [6, 6.07) is 61.2. The second-order valence-corrected chi connectivity index (χ2v) is 27.8. The minimum atomic E-state index is 0.0592. The monoisotopic (exact) mass is 1030 g/mol. The Morgan fingerprint density at radius 2 is 0.641 bits per heavy atom. The molecule has 0 fully saturated rings. The van der Waals surface area contributed by atoms with Gasteiger partial charge >= 0.3 is 0 Å². The van der Waals surface area contributed by atoms with Crippen molar-refractivity contribution >= 4 is 40.2 Å². The summed E-state index contributed by atoms with van der Waals surface area (Å²) < 4.78 is 0. The largest absolute Gasteiger partial charge is 0.312 e. The molecule has 8 aromatic carbocycles. The van der Waals surface area contributed by atoms with E-state index in [0.29, 0.717) is 0 Å². The normalized spacial score (nSPS) is 12.5. The molecule has 2 heteroatoms. The molecule has 408 valence electrons. The molecule has 78 heavy (non-hydrogen) atoms. The summed E-state index contributed by atoms with van der Waals surface area (Å²) >= 11 is 0. The Balaban J connectivity index is 0.000000217. The first-order valence-electron chi connectivity index (χ1n) is 28.7. The molecule has 0 atom stereocenters. The average molecular weight is 1030 g/mol. The number of benzene rings is 8. The van der Waals surface area contributed by atoms with Gasteiger partial charge in [-0.2, -0.15) is 0 Å². The van der Waals surface area contributed by atoms with Crippen molar-refractivity contribution in [1.82, 2.24) is 0 Å². The number of aryl methyl sites for hydroxylation is 8. The topological polar surface area (TPSA) is 3.24 Å². The molecule has 0 amide bonds. The lowest BCUT2D eigenvalue weighted by Crippen LogP contribution is -2.59. The second-order valence-electron chi connectivity index (χ2n) is 27.8. The fourth-order valence-electron chi connectivity index (χ4n) is 10.2. The molecule has 1 nitrogen and oxygen atoms in total. The Kier molecular flexibility index (Phi) is 18.7. The first kappa shape index (κ1) is 60.8. The highest BCUT2D eigenvalue weighted by atomic mass is 15.1. The van der Waals surface area contributed by atoms with Gasteiger partial charge in [0.15, 0.2) is 0 Å². The second kappa shape index (κ2) is 23.9. The van der Waals surface area contributed by atoms with Gasteiger partial charge in [-0.05, 0) is 168 Å². The molecule has 0 spiro atoms. The van der Waals surface area contributed by atoms with Crippen LogP contribution >= 0.6 is 0 Å². The summed E-state index contributed by atoms with van der Waals surface area (Å²) in [7, 11) is 0. The van der Waals surface area contributed by atoms with E-state index in [2.05, 4.69) is 328 Å². The summed E-state index contributed by atoms with van der Waals surface area (Å²) in [5.41, 5.74) is 28.9. The highest BCUT2D eigenvalue weighted by molar-refractivity contribution is 6.98. The molecule has 0 radical (unpaired) electrons. The van der Waals surface area contributed by atoms with E-state index < -0.39 is 0 Å². The summed E-state index contributed by atoms with van der Waals surface area (Å²) in [6.07, 6.45) is 0. The molecule has 9 rings (SSSR count). The van der Waals surface area contributed by atoms with Crippen molar-refractivity contribution < 1.29 is 0 Å². The van der Waals surface area contributed by atoms with Crippen LogP contribution < -0.4 is 21.3 Å². The summed E-state index contributed by atoms with van der Waals surface area (Å²) in [5.74, 6) is 0. The number of hydrogen-bond donors (Lipinski definition) is 0. The standard InChI is InChI=1S/C39H48BN.C21H28.2C8H10/c1-25-21-27(3)36-35(22-25)41(31-18-15-28(16-19-31)37(4,5)6)34-20-17-30(39(10,11)12)24-33(34)40(36)32-23-29(38(7,8)9)14-13-26(32)2;1-15-8-11-18(21(5,6)7)14-19(15)16-9-12-17(13-10-16)20(2,3)4;2*1-7-3-5-8(2)6-4-7/h13-24H,1-12H3;8-14H,1-7H3;2*3-6H,1-2H3. The van der Waals surface area contributed by atoms with Gasteiger partial charge in [-0.1, -0.05) is 282 Å². The molecule has 0 saturated carbocycles. The van der Waals surface area contributed by atoms with Crippen molar-refractivity contribution in [2.45, 2.75) is 186 Å². The van der Waals surface area contributed by atoms with E-state index in [0.717, 1.165) is 0 Å². The minimum Gasteiger partial charge on any atom is -0.312 e. The average Bonchev–Trinajstić information content (AvgIpc) is 3.53. The lowest BCUT2D eigenvalue weighted by molar-refractivity contribution is 0.589. The van der Waals surface area contributed by atoms with E-state index >= 15 is 0 Å². The van der Waals surface area contributed by atoms with Gasteiger partial charge in [0.1, 0.15) is 0 Å². The van der Waals surface area contributed by atoms with Gasteiger partial charge in [0, 0.05) is 17.1 Å². The van der Waals surface area contributed by atoms with Crippen molar-refractivity contribution in [3.8, 4) is 11.1 Å². The van der Waals surface area contributed by atoms with Gasteiger partial charge in [-0.25, -0.2) is 0 Å². The summed E-state index contributed by atoms with van der Waals surface area (Å²) in [5, 5.41) is 0. The lowest BCUT2D eigenvalue weighted by atomic mass is 9.33. The van der Waals surface area contributed by atoms with Gasteiger partial charge in [-0.3, -0.25) is 0 Å². The zero-order chi connectivity index (χ0) is 57.9. The van der Waals surface area contributed by atoms with Crippen LogP contribution in [0.5, 0.6) is 0 Å². The number of anilines is 3. The molecule has 1 aliphatic heterocycles. The van der Waals surface area contributed by atoms with Gasteiger partial charge in [0.05, 0.1) is 0 Å². The number of rotatable bonds is 3. The van der Waals surface area contributed by atoms with E-state index in [4.69, 9.17) is 0 Å². The molecule has 0 aromatic heterocycles. The molecule has 0 N–H and O–H groups in total. The minimum absolute atomic E-state index is 0.0592. The zero-order valence-corrected chi connectivity index (χ0v) is 52.6. The third-order valence-corrected chi connectivity index (χ3v) is 15.5. The van der Waals surface area contributed by atoms with Crippen LogP contribution in [-0.2, 0) is 27.1 Å². The van der Waals surface area contributed by atoms with Crippen molar-refractivity contribution in [2.75, 3.05) is 4.90 Å². The van der Waals surface area contributed by atoms with Crippen LogP contribution in [0, 0.1) is 55.4 Å². The third-order valence-electron chi connectivity index (χ3n) is 15.5. The van der Waals surface area contributed by atoms with Crippen LogP contribution in [0.3, 0.4) is 0 Å². The Labute approximate surface area is 476 Å². The highest BCUT2D eigenvalue weighted by Crippen LogP contribution is 2.40. The Hall–Kier alpha value is -6.38. The highest BCUT2D eigenvalue weighted by Gasteiger charge is 2.38. The van der Waals surface area contributed by atoms with Crippen LogP contribution in [0.1, 0.15) is 176 Å². The first-order valence-corrected chi connectivity index (χ1v) is 28.7. The van der Waals surface area contributed by atoms with Crippen LogP contribution in [0.4, 0.5) is 17.1 Å². The van der Waals surface area contributed by atoms with Gasteiger partial charge in [-0.15, -0.1) is 0 Å². The van der Waals surface area contributed by atoms with Gasteiger partial charge in [0.25, 0.3) is 0 Å². The Morgan fingerprint density at radius 1 is 0.282 bits per heavy atom. The maximum absolute atomic E-state index is 2.52. The van der Waals surface area contributed by atoms with E-state index in [1.165, 1.54) is 117 Å². The predicted octanol–water partition coefficient (Wildman–Crippen LogP) is 19.7. The summed E-state index contributed by atoms with van der Waals surface area (Å²) in [4.78, 5) is 2.52. The summed E-state index contributed by atoms with van der Waals surface area (Å²) in [6.45, 7) is 51.9. The molecule has 0 aliphatic carbocycles. The zero-order valence-electron chi connectivity index (χ0n) is 52.6. The number of hydrogen-bond acceptors (Lipinski definition) is 1. The Morgan fingerprint density at radius 3 is 1.06 bits per heavy atom. The molecule has 1 aliphatic rings. The van der Waals surface area contributed by atoms with E-state index in [9.17, 15) is 0 Å². The van der Waals surface area contributed by atoms with Crippen molar-refractivity contribution in [1.29, 1.82) is 0 Å². The SMILES string of the molecule is Cc1cc(C)c2c(c1)N(c1ccc(C(C)(C)C)cc1)c1ccc(C(C)(C)C)cc1B2c1cc(C(C)(C)C)ccc1C.Cc1ccc(C(C)(C)C)cc1-c1ccc(C(C)(C)C)cc1.Cc1ccc(C)cc1.Cc1ccc(C)cc1. The maximum Gasteiger partial charge on any atom is 0.247 e. The molecule has 0 unspecified atom stereocenters. The molecular formula is C76H96BN. The van der Waals surface area contributed by atoms with Crippen LogP contribution in [0.2, 0.25) is 0 Å². The quantitative estimate of drug-likeness (QED) is 0.159. The van der Waals surface area contributed by atoms with E-state index in [1.807, 2.05) is 0 Å². The third kappa shape index (κ3) is 15.3. The van der Waals surface area contributed by atoms with Gasteiger partial charge in [0.2, 0.25) is 6.71 Å². The molecule has 0 saturated heterocycles. The predicted molar refractivity (Wildman–Crippen MR) is 348 cm³/mol. The number of fused-ring (bicyclic) bond motifs is 2. The molecule has 8 aromatic rings. The maximum atomic E-state index is 2.52. The van der Waals surface area contributed by atoms with E-state index in [1.54, 1.807) is 0 Å². The lowest BCUT2D eigenvalue weighted by Gasteiger charge is -2.40. The molecule has 1 heterocycles. The van der Waals surface area contributed by atoms with Crippen molar-refractivity contribution in [2.24, 2.45) is 0 Å².